The summed E-state index contributed by atoms with van der Waals surface area (Å²) in [5.41, 5.74) is 0.179. The Labute approximate surface area is 169 Å². The minimum absolute atomic E-state index is 0.0177. The molecule has 3 aromatic rings. The number of nitrogens with one attached hydrogen (secondary N) is 1. The molecule has 0 spiro atoms. The van der Waals surface area contributed by atoms with E-state index < -0.39 is 17.6 Å². The van der Waals surface area contributed by atoms with Gasteiger partial charge in [0, 0.05) is 24.2 Å². The smallest absolute Gasteiger partial charge is 0.321 e. The Hall–Kier alpha value is -2.88. The van der Waals surface area contributed by atoms with Crippen molar-refractivity contribution in [1.82, 2.24) is 19.7 Å². The van der Waals surface area contributed by atoms with E-state index in [4.69, 9.17) is 0 Å². The highest BCUT2D eigenvalue weighted by Gasteiger charge is 2.33. The molecule has 1 aromatic carbocycles. The maximum atomic E-state index is 13.1. The molecule has 0 radical (unpaired) electrons. The van der Waals surface area contributed by atoms with Crippen LogP contribution < -0.4 is 5.32 Å². The number of nitrogens with zero attached hydrogens (tertiary/aromatic N) is 4. The van der Waals surface area contributed by atoms with Crippen molar-refractivity contribution in [2.75, 3.05) is 5.32 Å². The van der Waals surface area contributed by atoms with E-state index in [1.165, 1.54) is 18.7 Å². The van der Waals surface area contributed by atoms with E-state index in [2.05, 4.69) is 20.5 Å². The van der Waals surface area contributed by atoms with Crippen molar-refractivity contribution in [2.24, 2.45) is 7.05 Å². The number of hydrogen-bond donors (Lipinski definition) is 1. The summed E-state index contributed by atoms with van der Waals surface area (Å²) in [6.45, 7) is 3.29. The molecule has 152 valence electrons. The molecule has 3 rings (SSSR count). The summed E-state index contributed by atoms with van der Waals surface area (Å²) in [7, 11) is 1.84. The van der Waals surface area contributed by atoms with Gasteiger partial charge in [-0.15, -0.1) is 10.2 Å². The first-order valence-electron chi connectivity index (χ1n) is 8.61. The number of pyridine rings is 1. The van der Waals surface area contributed by atoms with Crippen molar-refractivity contribution in [1.29, 1.82) is 0 Å². The summed E-state index contributed by atoms with van der Waals surface area (Å²) in [6.07, 6.45) is -1.89. The highest BCUT2D eigenvalue weighted by molar-refractivity contribution is 7.99. The third kappa shape index (κ3) is 4.94. The standard InChI is InChI=1S/C19H18F3N5OS/c1-11-9-23-16(8-15(11)19(20,21)22)17(28)25-14-6-4-5-13(7-14)12(2)29-18-26-24-10-27(18)3/h4-10,12H,1-3H3,(H,25,28)/t12-/m0/s1. The molecule has 1 N–H and O–H groups in total. The van der Waals surface area contributed by atoms with Crippen molar-refractivity contribution in [3.63, 3.8) is 0 Å². The van der Waals surface area contributed by atoms with Crippen LogP contribution in [0.1, 0.15) is 39.4 Å². The number of halogens is 3. The Balaban J connectivity index is 1.76. The number of thioether (sulfide) groups is 1. The van der Waals surface area contributed by atoms with Gasteiger partial charge in [0.25, 0.3) is 5.91 Å². The molecule has 6 nitrogen and oxygen atoms in total. The lowest BCUT2D eigenvalue weighted by molar-refractivity contribution is -0.138. The van der Waals surface area contributed by atoms with Gasteiger partial charge in [-0.1, -0.05) is 23.9 Å². The van der Waals surface area contributed by atoms with E-state index in [9.17, 15) is 18.0 Å². The van der Waals surface area contributed by atoms with Gasteiger partial charge in [-0.3, -0.25) is 9.78 Å². The molecule has 0 unspecified atom stereocenters. The van der Waals surface area contributed by atoms with E-state index in [1.807, 2.05) is 20.0 Å². The molecule has 2 heterocycles. The zero-order valence-corrected chi connectivity index (χ0v) is 16.7. The number of anilines is 1. The SMILES string of the molecule is Cc1cnc(C(=O)Nc2cccc([C@H](C)Sc3nncn3C)c2)cc1C(F)(F)F. The third-order valence-corrected chi connectivity index (χ3v) is 5.41. The van der Waals surface area contributed by atoms with Crippen LogP contribution in [0, 0.1) is 6.92 Å². The van der Waals surface area contributed by atoms with Gasteiger partial charge in [0.15, 0.2) is 5.16 Å². The molecule has 10 heteroatoms. The fourth-order valence-corrected chi connectivity index (χ4v) is 3.53. The Morgan fingerprint density at radius 2 is 2.03 bits per heavy atom. The Bertz CT molecular complexity index is 1030. The lowest BCUT2D eigenvalue weighted by atomic mass is 10.1. The van der Waals surface area contributed by atoms with Crippen LogP contribution in [0.5, 0.6) is 0 Å². The van der Waals surface area contributed by atoms with Crippen LogP contribution in [0.25, 0.3) is 0 Å². The lowest BCUT2D eigenvalue weighted by Gasteiger charge is -2.14. The Kier molecular flexibility index (Phi) is 5.92. The first-order chi connectivity index (χ1) is 13.6. The first-order valence-corrected chi connectivity index (χ1v) is 9.49. The number of hydrogen-bond acceptors (Lipinski definition) is 5. The number of aromatic nitrogens is 4. The van der Waals surface area contributed by atoms with Crippen LogP contribution in [-0.4, -0.2) is 25.7 Å². The summed E-state index contributed by atoms with van der Waals surface area (Å²) in [4.78, 5) is 16.3. The fraction of sp³-hybridized carbons (Fsp3) is 0.263. The molecular weight excluding hydrogens is 403 g/mol. The van der Waals surface area contributed by atoms with E-state index >= 15 is 0 Å². The molecule has 0 saturated heterocycles. The van der Waals surface area contributed by atoms with E-state index in [-0.39, 0.29) is 16.5 Å². The number of alkyl halides is 3. The normalized spacial score (nSPS) is 12.6. The molecule has 0 aliphatic carbocycles. The zero-order valence-electron chi connectivity index (χ0n) is 15.9. The van der Waals surface area contributed by atoms with Crippen LogP contribution in [0.4, 0.5) is 18.9 Å². The molecule has 0 aliphatic heterocycles. The van der Waals surface area contributed by atoms with Crippen LogP contribution in [0.3, 0.4) is 0 Å². The number of aryl methyl sites for hydroxylation is 2. The summed E-state index contributed by atoms with van der Waals surface area (Å²) in [5, 5.41) is 11.2. The molecule has 0 saturated carbocycles. The van der Waals surface area contributed by atoms with Crippen molar-refractivity contribution in [3.8, 4) is 0 Å². The maximum Gasteiger partial charge on any atom is 0.416 e. The van der Waals surface area contributed by atoms with Gasteiger partial charge in [0.2, 0.25) is 0 Å². The van der Waals surface area contributed by atoms with Crippen LogP contribution >= 0.6 is 11.8 Å². The molecule has 0 aliphatic rings. The molecule has 1 atom stereocenters. The van der Waals surface area contributed by atoms with Crippen LogP contribution in [-0.2, 0) is 13.2 Å². The second-order valence-corrected chi connectivity index (χ2v) is 7.75. The minimum Gasteiger partial charge on any atom is -0.321 e. The van der Waals surface area contributed by atoms with Gasteiger partial charge < -0.3 is 9.88 Å². The number of carbonyl (C=O) groups is 1. The predicted molar refractivity (Wildman–Crippen MR) is 104 cm³/mol. The number of rotatable bonds is 5. The van der Waals surface area contributed by atoms with Crippen molar-refractivity contribution >= 4 is 23.4 Å². The van der Waals surface area contributed by atoms with E-state index in [0.29, 0.717) is 5.69 Å². The highest BCUT2D eigenvalue weighted by atomic mass is 32.2. The largest absolute Gasteiger partial charge is 0.416 e. The van der Waals surface area contributed by atoms with Gasteiger partial charge in [-0.05, 0) is 43.2 Å². The summed E-state index contributed by atoms with van der Waals surface area (Å²) >= 11 is 1.50. The predicted octanol–water partition coefficient (Wildman–Crippen LogP) is 4.64. The average Bonchev–Trinajstić information content (AvgIpc) is 3.06. The molecule has 29 heavy (non-hydrogen) atoms. The quantitative estimate of drug-likeness (QED) is 0.608. The maximum absolute atomic E-state index is 13.1. The summed E-state index contributed by atoms with van der Waals surface area (Å²) in [5.74, 6) is -0.707. The van der Waals surface area contributed by atoms with Crippen molar-refractivity contribution < 1.29 is 18.0 Å². The number of carbonyl (C=O) groups excluding carboxylic acids is 1. The fourth-order valence-electron chi connectivity index (χ4n) is 2.62. The monoisotopic (exact) mass is 421 g/mol. The van der Waals surface area contributed by atoms with Gasteiger partial charge in [0.1, 0.15) is 12.0 Å². The molecule has 0 bridgehead atoms. The first kappa shape index (κ1) is 20.8. The van der Waals surface area contributed by atoms with E-state index in [1.54, 1.807) is 29.1 Å². The highest BCUT2D eigenvalue weighted by Crippen LogP contribution is 2.34. The molecule has 2 aromatic heterocycles. The number of benzene rings is 1. The van der Waals surface area contributed by atoms with E-state index in [0.717, 1.165) is 23.0 Å². The van der Waals surface area contributed by atoms with Crippen molar-refractivity contribution in [2.45, 2.75) is 30.4 Å². The topological polar surface area (TPSA) is 72.7 Å². The molecular formula is C19H18F3N5OS. The Morgan fingerprint density at radius 1 is 1.28 bits per heavy atom. The lowest BCUT2D eigenvalue weighted by Crippen LogP contribution is -2.17. The summed E-state index contributed by atoms with van der Waals surface area (Å²) < 4.78 is 41.0. The van der Waals surface area contributed by atoms with Crippen LogP contribution in [0.15, 0.2) is 48.0 Å². The third-order valence-electron chi connectivity index (χ3n) is 4.21. The van der Waals surface area contributed by atoms with Gasteiger partial charge >= 0.3 is 6.18 Å². The van der Waals surface area contributed by atoms with Gasteiger partial charge in [-0.2, -0.15) is 13.2 Å². The van der Waals surface area contributed by atoms with Gasteiger partial charge in [-0.25, -0.2) is 0 Å². The summed E-state index contributed by atoms with van der Waals surface area (Å²) in [6, 6.07) is 7.86. The number of amides is 1. The zero-order chi connectivity index (χ0) is 21.2. The van der Waals surface area contributed by atoms with Crippen LogP contribution in [0.2, 0.25) is 0 Å². The van der Waals surface area contributed by atoms with Crippen molar-refractivity contribution in [3.05, 3.63) is 65.2 Å². The molecule has 1 amide bonds. The minimum atomic E-state index is -4.55. The van der Waals surface area contributed by atoms with Gasteiger partial charge in [0.05, 0.1) is 5.56 Å². The average molecular weight is 421 g/mol. The second kappa shape index (κ2) is 8.24. The molecule has 0 fully saturated rings. The Morgan fingerprint density at radius 3 is 2.69 bits per heavy atom. The second-order valence-electron chi connectivity index (χ2n) is 6.45.